The van der Waals surface area contributed by atoms with Gasteiger partial charge in [0.25, 0.3) is 0 Å². The Hall–Kier alpha value is -1.55. The van der Waals surface area contributed by atoms with Gasteiger partial charge in [-0.05, 0) is 24.1 Å². The first-order valence-corrected chi connectivity index (χ1v) is 5.82. The van der Waals surface area contributed by atoms with Crippen LogP contribution in [0.3, 0.4) is 0 Å². The van der Waals surface area contributed by atoms with E-state index in [1.165, 1.54) is 0 Å². The van der Waals surface area contributed by atoms with Crippen LogP contribution in [-0.4, -0.2) is 25.6 Å². The summed E-state index contributed by atoms with van der Waals surface area (Å²) in [6.45, 7) is 2.48. The van der Waals surface area contributed by atoms with Crippen molar-refractivity contribution >= 4 is 5.91 Å². The number of amides is 1. The van der Waals surface area contributed by atoms with Crippen molar-refractivity contribution in [3.05, 3.63) is 29.8 Å². The van der Waals surface area contributed by atoms with Crippen molar-refractivity contribution in [2.45, 2.75) is 25.8 Å². The van der Waals surface area contributed by atoms with E-state index in [0.717, 1.165) is 17.7 Å². The van der Waals surface area contributed by atoms with Crippen molar-refractivity contribution in [2.24, 2.45) is 5.73 Å². The first kappa shape index (κ1) is 13.5. The molecule has 0 heterocycles. The molecule has 1 aromatic carbocycles. The summed E-state index contributed by atoms with van der Waals surface area (Å²) in [5, 5.41) is 2.90. The van der Waals surface area contributed by atoms with E-state index in [0.29, 0.717) is 13.0 Å². The molecule has 0 saturated carbocycles. The van der Waals surface area contributed by atoms with Gasteiger partial charge in [0.1, 0.15) is 5.75 Å². The van der Waals surface area contributed by atoms with Gasteiger partial charge < -0.3 is 15.8 Å². The van der Waals surface area contributed by atoms with Crippen LogP contribution in [0.15, 0.2) is 24.3 Å². The second kappa shape index (κ2) is 6.91. The molecule has 17 heavy (non-hydrogen) atoms. The van der Waals surface area contributed by atoms with Crippen LogP contribution >= 0.6 is 0 Å². The molecule has 1 amide bonds. The van der Waals surface area contributed by atoms with E-state index in [2.05, 4.69) is 5.32 Å². The van der Waals surface area contributed by atoms with Crippen LogP contribution in [0.2, 0.25) is 0 Å². The van der Waals surface area contributed by atoms with Gasteiger partial charge in [0.15, 0.2) is 0 Å². The fourth-order valence-electron chi connectivity index (χ4n) is 1.57. The van der Waals surface area contributed by atoms with Crippen LogP contribution in [0.4, 0.5) is 0 Å². The highest BCUT2D eigenvalue weighted by Gasteiger charge is 2.09. The molecule has 0 aliphatic rings. The van der Waals surface area contributed by atoms with Gasteiger partial charge in [-0.1, -0.05) is 19.1 Å². The molecule has 0 bridgehead atoms. The van der Waals surface area contributed by atoms with Crippen LogP contribution in [0.1, 0.15) is 18.9 Å². The Balaban J connectivity index is 2.55. The standard InChI is InChI=1S/C13H20N2O2/c1-3-11(9-14)15-13(16)8-10-5-4-6-12(7-10)17-2/h4-7,11H,3,8-9,14H2,1-2H3,(H,15,16). The molecule has 0 aliphatic heterocycles. The number of nitrogens with one attached hydrogen (secondary N) is 1. The summed E-state index contributed by atoms with van der Waals surface area (Å²) >= 11 is 0. The highest BCUT2D eigenvalue weighted by Crippen LogP contribution is 2.12. The molecule has 0 spiro atoms. The summed E-state index contributed by atoms with van der Waals surface area (Å²) in [7, 11) is 1.61. The molecule has 0 aliphatic carbocycles. The average molecular weight is 236 g/mol. The fraction of sp³-hybridized carbons (Fsp3) is 0.462. The zero-order valence-corrected chi connectivity index (χ0v) is 10.4. The lowest BCUT2D eigenvalue weighted by atomic mass is 10.1. The Labute approximate surface area is 102 Å². The molecule has 3 N–H and O–H groups in total. The van der Waals surface area contributed by atoms with Gasteiger partial charge in [-0.25, -0.2) is 0 Å². The molecule has 0 saturated heterocycles. The summed E-state index contributed by atoms with van der Waals surface area (Å²) in [5.74, 6) is 0.761. The van der Waals surface area contributed by atoms with E-state index in [4.69, 9.17) is 10.5 Å². The number of benzene rings is 1. The Morgan fingerprint density at radius 2 is 2.29 bits per heavy atom. The lowest BCUT2D eigenvalue weighted by molar-refractivity contribution is -0.121. The predicted octanol–water partition coefficient (Wildman–Crippen LogP) is 1.09. The number of nitrogens with two attached hydrogens (primary N) is 1. The topological polar surface area (TPSA) is 64.3 Å². The minimum Gasteiger partial charge on any atom is -0.497 e. The normalized spacial score (nSPS) is 11.9. The van der Waals surface area contributed by atoms with E-state index >= 15 is 0 Å². The van der Waals surface area contributed by atoms with Gasteiger partial charge in [0.2, 0.25) is 5.91 Å². The molecule has 0 fully saturated rings. The van der Waals surface area contributed by atoms with Gasteiger partial charge in [-0.2, -0.15) is 0 Å². The summed E-state index contributed by atoms with van der Waals surface area (Å²) < 4.78 is 5.11. The average Bonchev–Trinajstić information content (AvgIpc) is 2.36. The zero-order chi connectivity index (χ0) is 12.7. The van der Waals surface area contributed by atoms with E-state index in [1.807, 2.05) is 31.2 Å². The minimum absolute atomic E-state index is 0.00412. The van der Waals surface area contributed by atoms with Crippen molar-refractivity contribution in [2.75, 3.05) is 13.7 Å². The van der Waals surface area contributed by atoms with Crippen LogP contribution in [0.5, 0.6) is 5.75 Å². The molecule has 4 nitrogen and oxygen atoms in total. The zero-order valence-electron chi connectivity index (χ0n) is 10.4. The molecule has 1 aromatic rings. The second-order valence-electron chi connectivity index (χ2n) is 3.94. The van der Waals surface area contributed by atoms with Crippen LogP contribution in [0, 0.1) is 0 Å². The predicted molar refractivity (Wildman–Crippen MR) is 68.0 cm³/mol. The molecule has 1 unspecified atom stereocenters. The molecule has 4 heteroatoms. The maximum Gasteiger partial charge on any atom is 0.224 e. The summed E-state index contributed by atoms with van der Waals surface area (Å²) in [6.07, 6.45) is 1.20. The number of methoxy groups -OCH3 is 1. The number of carbonyl (C=O) groups is 1. The molecule has 0 radical (unpaired) electrons. The van der Waals surface area contributed by atoms with Gasteiger partial charge >= 0.3 is 0 Å². The summed E-state index contributed by atoms with van der Waals surface area (Å²) in [6, 6.07) is 7.57. The number of rotatable bonds is 6. The largest absolute Gasteiger partial charge is 0.497 e. The minimum atomic E-state index is -0.00412. The first-order valence-electron chi connectivity index (χ1n) is 5.82. The molecule has 1 rings (SSSR count). The van der Waals surface area contributed by atoms with Crippen molar-refractivity contribution in [3.8, 4) is 5.75 Å². The lowest BCUT2D eigenvalue weighted by Crippen LogP contribution is -2.40. The molecule has 0 aromatic heterocycles. The molecule has 1 atom stereocenters. The summed E-state index contributed by atoms with van der Waals surface area (Å²) in [4.78, 5) is 11.7. The van der Waals surface area contributed by atoms with E-state index in [-0.39, 0.29) is 11.9 Å². The number of ether oxygens (including phenoxy) is 1. The maximum atomic E-state index is 11.7. The first-order chi connectivity index (χ1) is 8.19. The van der Waals surface area contributed by atoms with Crippen molar-refractivity contribution in [1.29, 1.82) is 0 Å². The monoisotopic (exact) mass is 236 g/mol. The van der Waals surface area contributed by atoms with Crippen LogP contribution in [-0.2, 0) is 11.2 Å². The maximum absolute atomic E-state index is 11.7. The van der Waals surface area contributed by atoms with Crippen molar-refractivity contribution < 1.29 is 9.53 Å². The quantitative estimate of drug-likeness (QED) is 0.777. The molecular formula is C13H20N2O2. The smallest absolute Gasteiger partial charge is 0.224 e. The fourth-order valence-corrected chi connectivity index (χ4v) is 1.57. The van der Waals surface area contributed by atoms with Gasteiger partial charge in [-0.15, -0.1) is 0 Å². The third kappa shape index (κ3) is 4.44. The SMILES string of the molecule is CCC(CN)NC(=O)Cc1cccc(OC)c1. The molecular weight excluding hydrogens is 216 g/mol. The van der Waals surface area contributed by atoms with Crippen molar-refractivity contribution in [1.82, 2.24) is 5.32 Å². The number of carbonyl (C=O) groups excluding carboxylic acids is 1. The third-order valence-electron chi connectivity index (χ3n) is 2.64. The van der Waals surface area contributed by atoms with Gasteiger partial charge in [0.05, 0.1) is 13.5 Å². The second-order valence-corrected chi connectivity index (χ2v) is 3.94. The Morgan fingerprint density at radius 3 is 2.88 bits per heavy atom. The number of hydrogen-bond acceptors (Lipinski definition) is 3. The summed E-state index contributed by atoms with van der Waals surface area (Å²) in [5.41, 5.74) is 6.47. The Kier molecular flexibility index (Phi) is 5.49. The van der Waals surface area contributed by atoms with E-state index < -0.39 is 0 Å². The van der Waals surface area contributed by atoms with Crippen LogP contribution in [0.25, 0.3) is 0 Å². The highest BCUT2D eigenvalue weighted by atomic mass is 16.5. The van der Waals surface area contributed by atoms with Crippen LogP contribution < -0.4 is 15.8 Å². The van der Waals surface area contributed by atoms with E-state index in [9.17, 15) is 4.79 Å². The van der Waals surface area contributed by atoms with Crippen molar-refractivity contribution in [3.63, 3.8) is 0 Å². The highest BCUT2D eigenvalue weighted by molar-refractivity contribution is 5.79. The third-order valence-corrected chi connectivity index (χ3v) is 2.64. The Morgan fingerprint density at radius 1 is 1.53 bits per heavy atom. The van der Waals surface area contributed by atoms with Gasteiger partial charge in [0, 0.05) is 12.6 Å². The molecule has 94 valence electrons. The van der Waals surface area contributed by atoms with E-state index in [1.54, 1.807) is 7.11 Å². The number of hydrogen-bond donors (Lipinski definition) is 2. The lowest BCUT2D eigenvalue weighted by Gasteiger charge is -2.14. The Bertz CT molecular complexity index is 362. The van der Waals surface area contributed by atoms with Gasteiger partial charge in [-0.3, -0.25) is 4.79 Å².